The largest absolute Gasteiger partial charge is 0.368 e. The van der Waals surface area contributed by atoms with E-state index in [2.05, 4.69) is 5.32 Å². The normalized spacial score (nSPS) is 23.8. The first-order chi connectivity index (χ1) is 7.56. The summed E-state index contributed by atoms with van der Waals surface area (Å²) in [6.45, 7) is 4.46. The molecule has 0 saturated carbocycles. The van der Waals surface area contributed by atoms with E-state index < -0.39 is 18.1 Å². The van der Waals surface area contributed by atoms with Gasteiger partial charge in [0.1, 0.15) is 12.1 Å². The fourth-order valence-corrected chi connectivity index (χ4v) is 1.76. The summed E-state index contributed by atoms with van der Waals surface area (Å²) in [6.07, 6.45) is 1.99. The van der Waals surface area contributed by atoms with Crippen molar-refractivity contribution in [3.8, 4) is 0 Å². The van der Waals surface area contributed by atoms with Crippen molar-refractivity contribution in [1.82, 2.24) is 5.32 Å². The Morgan fingerprint density at radius 3 is 2.69 bits per heavy atom. The molecule has 1 aliphatic rings. The summed E-state index contributed by atoms with van der Waals surface area (Å²) in [6, 6.07) is -0.596. The minimum atomic E-state index is -0.596. The average Bonchev–Trinajstić information content (AvgIpc) is 2.77. The number of hydrogen-bond acceptors (Lipinski definition) is 3. The predicted molar refractivity (Wildman–Crippen MR) is 59.6 cm³/mol. The van der Waals surface area contributed by atoms with E-state index in [-0.39, 0.29) is 11.8 Å². The quantitative estimate of drug-likeness (QED) is 0.704. The molecule has 92 valence electrons. The highest BCUT2D eigenvalue weighted by Gasteiger charge is 2.29. The van der Waals surface area contributed by atoms with Gasteiger partial charge in [0.15, 0.2) is 0 Å². The number of nitrogens with two attached hydrogens (primary N) is 1. The maximum atomic E-state index is 11.7. The molecular formula is C11H20N2O3. The van der Waals surface area contributed by atoms with E-state index in [1.807, 2.05) is 13.8 Å². The van der Waals surface area contributed by atoms with Crippen molar-refractivity contribution in [1.29, 1.82) is 0 Å². The Morgan fingerprint density at radius 1 is 1.56 bits per heavy atom. The molecule has 1 saturated heterocycles. The highest BCUT2D eigenvalue weighted by Crippen LogP contribution is 2.13. The lowest BCUT2D eigenvalue weighted by Gasteiger charge is -2.22. The Hall–Kier alpha value is -1.10. The number of carbonyl (C=O) groups is 2. The van der Waals surface area contributed by atoms with Crippen LogP contribution in [0.2, 0.25) is 0 Å². The lowest BCUT2D eigenvalue weighted by atomic mass is 9.98. The van der Waals surface area contributed by atoms with Gasteiger partial charge < -0.3 is 15.8 Å². The molecule has 5 heteroatoms. The molecule has 1 aliphatic heterocycles. The van der Waals surface area contributed by atoms with Crippen molar-refractivity contribution in [2.45, 2.75) is 45.3 Å². The van der Waals surface area contributed by atoms with Crippen molar-refractivity contribution < 1.29 is 14.3 Å². The number of amides is 2. The van der Waals surface area contributed by atoms with Crippen LogP contribution in [-0.2, 0) is 14.3 Å². The monoisotopic (exact) mass is 228 g/mol. The Labute approximate surface area is 95.7 Å². The first-order valence-electron chi connectivity index (χ1n) is 5.77. The molecule has 1 fully saturated rings. The van der Waals surface area contributed by atoms with E-state index in [4.69, 9.17) is 10.5 Å². The van der Waals surface area contributed by atoms with Crippen LogP contribution in [0.3, 0.4) is 0 Å². The third-order valence-corrected chi connectivity index (χ3v) is 3.04. The lowest BCUT2D eigenvalue weighted by Crippen LogP contribution is -2.51. The maximum Gasteiger partial charge on any atom is 0.249 e. The summed E-state index contributed by atoms with van der Waals surface area (Å²) in [7, 11) is 0. The molecule has 0 aromatic rings. The van der Waals surface area contributed by atoms with Gasteiger partial charge in [0.25, 0.3) is 0 Å². The molecule has 0 unspecified atom stereocenters. The number of carbonyl (C=O) groups excluding carboxylic acids is 2. The number of hydrogen-bond donors (Lipinski definition) is 2. The second-order valence-corrected chi connectivity index (χ2v) is 4.28. The topological polar surface area (TPSA) is 81.4 Å². The zero-order chi connectivity index (χ0) is 12.1. The molecule has 0 aliphatic carbocycles. The minimum absolute atomic E-state index is 0.0443. The maximum absolute atomic E-state index is 11.7. The molecule has 3 atom stereocenters. The van der Waals surface area contributed by atoms with Gasteiger partial charge >= 0.3 is 0 Å². The summed E-state index contributed by atoms with van der Waals surface area (Å²) in [4.78, 5) is 23.0. The first-order valence-corrected chi connectivity index (χ1v) is 5.77. The molecule has 16 heavy (non-hydrogen) atoms. The van der Waals surface area contributed by atoms with Crippen molar-refractivity contribution >= 4 is 11.8 Å². The van der Waals surface area contributed by atoms with Crippen LogP contribution in [-0.4, -0.2) is 30.6 Å². The van der Waals surface area contributed by atoms with Gasteiger partial charge in [0, 0.05) is 6.61 Å². The third-order valence-electron chi connectivity index (χ3n) is 3.04. The van der Waals surface area contributed by atoms with Crippen LogP contribution < -0.4 is 11.1 Å². The van der Waals surface area contributed by atoms with Crippen LogP contribution in [0.1, 0.15) is 33.1 Å². The number of rotatable bonds is 5. The van der Waals surface area contributed by atoms with Gasteiger partial charge in [0.05, 0.1) is 0 Å². The summed E-state index contributed by atoms with van der Waals surface area (Å²) < 4.78 is 5.24. The van der Waals surface area contributed by atoms with Crippen LogP contribution in [0.15, 0.2) is 0 Å². The molecule has 1 rings (SSSR count). The van der Waals surface area contributed by atoms with E-state index in [0.717, 1.165) is 19.3 Å². The Kier molecular flexibility index (Phi) is 4.73. The molecule has 0 aromatic heterocycles. The molecule has 0 spiro atoms. The second-order valence-electron chi connectivity index (χ2n) is 4.28. The predicted octanol–water partition coefficient (Wildman–Crippen LogP) is 0.182. The number of nitrogens with one attached hydrogen (secondary N) is 1. The first kappa shape index (κ1) is 13.0. The van der Waals surface area contributed by atoms with Gasteiger partial charge in [0.2, 0.25) is 11.8 Å². The molecule has 3 N–H and O–H groups in total. The lowest BCUT2D eigenvalue weighted by molar-refractivity contribution is -0.134. The van der Waals surface area contributed by atoms with Crippen LogP contribution in [0, 0.1) is 5.92 Å². The molecule has 5 nitrogen and oxygen atoms in total. The highest BCUT2D eigenvalue weighted by atomic mass is 16.5. The van der Waals surface area contributed by atoms with Gasteiger partial charge in [-0.3, -0.25) is 9.59 Å². The van der Waals surface area contributed by atoms with Crippen LogP contribution >= 0.6 is 0 Å². The zero-order valence-corrected chi connectivity index (χ0v) is 9.86. The van der Waals surface area contributed by atoms with Crippen molar-refractivity contribution in [2.24, 2.45) is 11.7 Å². The van der Waals surface area contributed by atoms with Crippen LogP contribution in [0.25, 0.3) is 0 Å². The summed E-state index contributed by atoms with van der Waals surface area (Å²) in [5, 5.41) is 2.67. The zero-order valence-electron chi connectivity index (χ0n) is 9.86. The summed E-state index contributed by atoms with van der Waals surface area (Å²) >= 11 is 0. The van der Waals surface area contributed by atoms with Crippen molar-refractivity contribution in [3.05, 3.63) is 0 Å². The van der Waals surface area contributed by atoms with E-state index in [0.29, 0.717) is 6.61 Å². The fourth-order valence-electron chi connectivity index (χ4n) is 1.76. The van der Waals surface area contributed by atoms with Crippen LogP contribution in [0.4, 0.5) is 0 Å². The van der Waals surface area contributed by atoms with Crippen molar-refractivity contribution in [2.75, 3.05) is 6.61 Å². The standard InChI is InChI=1S/C11H20N2O3/c1-3-7(2)9(10(12)14)13-11(15)8-5-4-6-16-8/h7-9H,3-6H2,1-2H3,(H2,12,14)(H,13,15)/t7-,8+,9-/m0/s1. The Bertz CT molecular complexity index is 262. The minimum Gasteiger partial charge on any atom is -0.368 e. The highest BCUT2D eigenvalue weighted by molar-refractivity contribution is 5.88. The third kappa shape index (κ3) is 3.20. The van der Waals surface area contributed by atoms with E-state index in [1.54, 1.807) is 0 Å². The number of ether oxygens (including phenoxy) is 1. The SMILES string of the molecule is CC[C@H](C)[C@H](NC(=O)[C@H]1CCCO1)C(N)=O. The van der Waals surface area contributed by atoms with Gasteiger partial charge in [-0.2, -0.15) is 0 Å². The van der Waals surface area contributed by atoms with Gasteiger partial charge in [-0.05, 0) is 18.8 Å². The Morgan fingerprint density at radius 2 is 2.25 bits per heavy atom. The van der Waals surface area contributed by atoms with Gasteiger partial charge in [-0.25, -0.2) is 0 Å². The van der Waals surface area contributed by atoms with Gasteiger partial charge in [-0.1, -0.05) is 20.3 Å². The average molecular weight is 228 g/mol. The van der Waals surface area contributed by atoms with E-state index in [1.165, 1.54) is 0 Å². The summed E-state index contributed by atoms with van der Waals surface area (Å²) in [5.74, 6) is -0.662. The van der Waals surface area contributed by atoms with Gasteiger partial charge in [-0.15, -0.1) is 0 Å². The number of primary amides is 1. The second kappa shape index (κ2) is 5.84. The van der Waals surface area contributed by atoms with Crippen molar-refractivity contribution in [3.63, 3.8) is 0 Å². The summed E-state index contributed by atoms with van der Waals surface area (Å²) in [5.41, 5.74) is 5.27. The van der Waals surface area contributed by atoms with E-state index >= 15 is 0 Å². The van der Waals surface area contributed by atoms with Crippen LogP contribution in [0.5, 0.6) is 0 Å². The fraction of sp³-hybridized carbons (Fsp3) is 0.818. The molecule has 2 amide bonds. The Balaban J connectivity index is 2.53. The molecule has 1 heterocycles. The smallest absolute Gasteiger partial charge is 0.249 e. The molecular weight excluding hydrogens is 208 g/mol. The molecule has 0 radical (unpaired) electrons. The molecule has 0 aromatic carbocycles. The molecule has 0 bridgehead atoms. The van der Waals surface area contributed by atoms with E-state index in [9.17, 15) is 9.59 Å².